The summed E-state index contributed by atoms with van der Waals surface area (Å²) in [4.78, 5) is 22.4. The van der Waals surface area contributed by atoms with Gasteiger partial charge in [-0.1, -0.05) is 31.9 Å². The fourth-order valence-corrected chi connectivity index (χ4v) is 2.93. The normalized spacial score (nSPS) is 12.5. The molecule has 1 atom stereocenters. The summed E-state index contributed by atoms with van der Waals surface area (Å²) >= 11 is 6.56. The zero-order valence-corrected chi connectivity index (χ0v) is 13.6. The molecule has 3 nitrogen and oxygen atoms in total. The summed E-state index contributed by atoms with van der Waals surface area (Å²) in [6.07, 6.45) is 3.15. The number of unbranched alkanes of at least 4 members (excludes halogenated alkanes) is 1. The minimum atomic E-state index is -0.169. The number of alkyl halides is 2. The van der Waals surface area contributed by atoms with Crippen LogP contribution in [0.25, 0.3) is 0 Å². The van der Waals surface area contributed by atoms with Crippen LogP contribution in [0.3, 0.4) is 0 Å². The third-order valence-electron chi connectivity index (χ3n) is 2.41. The summed E-state index contributed by atoms with van der Waals surface area (Å²) in [5.74, 6) is -0.0826. The van der Waals surface area contributed by atoms with Crippen molar-refractivity contribution in [1.82, 2.24) is 0 Å². The molecular formula is C12H20Br2O3. The number of hydrogen-bond donors (Lipinski definition) is 0. The number of ether oxygens (including phenoxy) is 1. The first-order valence-corrected chi connectivity index (χ1v) is 8.07. The van der Waals surface area contributed by atoms with Gasteiger partial charge in [-0.05, 0) is 33.1 Å². The molecule has 0 aliphatic heterocycles. The van der Waals surface area contributed by atoms with Gasteiger partial charge in [-0.2, -0.15) is 0 Å². The predicted molar refractivity (Wildman–Crippen MR) is 75.8 cm³/mol. The van der Waals surface area contributed by atoms with Crippen LogP contribution in [0.2, 0.25) is 0 Å². The molecule has 0 N–H and O–H groups in total. The van der Waals surface area contributed by atoms with E-state index in [1.807, 2.05) is 6.92 Å². The molecule has 0 bridgehead atoms. The quantitative estimate of drug-likeness (QED) is 0.354. The molecule has 0 saturated carbocycles. The Hall–Kier alpha value is 0.1000. The van der Waals surface area contributed by atoms with Gasteiger partial charge in [0.1, 0.15) is 5.78 Å². The molecular weight excluding hydrogens is 352 g/mol. The van der Waals surface area contributed by atoms with Gasteiger partial charge in [0.25, 0.3) is 0 Å². The summed E-state index contributed by atoms with van der Waals surface area (Å²) in [6, 6.07) is 0. The predicted octanol–water partition coefficient (Wildman–Crippen LogP) is 3.47. The Balaban J connectivity index is 3.74. The van der Waals surface area contributed by atoms with Gasteiger partial charge in [-0.15, -0.1) is 0 Å². The van der Waals surface area contributed by atoms with E-state index in [0.717, 1.165) is 19.3 Å². The maximum Gasteiger partial charge on any atom is 0.310 e. The Morgan fingerprint density at radius 1 is 1.18 bits per heavy atom. The zero-order chi connectivity index (χ0) is 13.3. The standard InChI is InChI=1S/C12H20Br2O3/c1-9(15)5-3-4-6-10(2)17-12(16)11(7-13)8-14/h10-11H,3-8H2,1-2H3. The molecule has 0 aliphatic carbocycles. The van der Waals surface area contributed by atoms with Crippen molar-refractivity contribution in [3.63, 3.8) is 0 Å². The van der Waals surface area contributed by atoms with Crippen molar-refractivity contribution in [2.75, 3.05) is 10.7 Å². The van der Waals surface area contributed by atoms with Crippen molar-refractivity contribution in [2.45, 2.75) is 45.6 Å². The van der Waals surface area contributed by atoms with Gasteiger partial charge in [0.2, 0.25) is 0 Å². The van der Waals surface area contributed by atoms with Crippen LogP contribution in [-0.4, -0.2) is 28.5 Å². The lowest BCUT2D eigenvalue weighted by molar-refractivity contribution is -0.151. The lowest BCUT2D eigenvalue weighted by atomic mass is 10.1. The van der Waals surface area contributed by atoms with Gasteiger partial charge in [0.05, 0.1) is 12.0 Å². The van der Waals surface area contributed by atoms with Crippen molar-refractivity contribution >= 4 is 43.6 Å². The maximum atomic E-state index is 11.6. The Bertz CT molecular complexity index is 240. The van der Waals surface area contributed by atoms with E-state index in [1.54, 1.807) is 6.92 Å². The van der Waals surface area contributed by atoms with Crippen LogP contribution in [0.1, 0.15) is 39.5 Å². The highest BCUT2D eigenvalue weighted by atomic mass is 79.9. The minimum absolute atomic E-state index is 0.0740. The zero-order valence-electron chi connectivity index (χ0n) is 10.4. The number of hydrogen-bond acceptors (Lipinski definition) is 3. The van der Waals surface area contributed by atoms with Crippen molar-refractivity contribution in [2.24, 2.45) is 5.92 Å². The van der Waals surface area contributed by atoms with E-state index in [1.165, 1.54) is 0 Å². The second kappa shape index (κ2) is 10.1. The molecule has 5 heteroatoms. The van der Waals surface area contributed by atoms with Gasteiger partial charge >= 0.3 is 5.97 Å². The highest BCUT2D eigenvalue weighted by molar-refractivity contribution is 9.09. The number of Topliss-reactive ketones (excluding diaryl/α,β-unsaturated/α-hetero) is 1. The fraction of sp³-hybridized carbons (Fsp3) is 0.833. The molecule has 0 rings (SSSR count). The molecule has 0 heterocycles. The maximum absolute atomic E-state index is 11.6. The Kier molecular flexibility index (Phi) is 10.1. The van der Waals surface area contributed by atoms with Crippen molar-refractivity contribution in [1.29, 1.82) is 0 Å². The summed E-state index contributed by atoms with van der Waals surface area (Å²) in [7, 11) is 0. The lowest BCUT2D eigenvalue weighted by Gasteiger charge is -2.16. The second-order valence-electron chi connectivity index (χ2n) is 4.20. The number of esters is 1. The van der Waals surface area contributed by atoms with E-state index < -0.39 is 0 Å². The van der Waals surface area contributed by atoms with E-state index >= 15 is 0 Å². The van der Waals surface area contributed by atoms with Gasteiger partial charge in [-0.25, -0.2) is 0 Å². The van der Waals surface area contributed by atoms with E-state index in [-0.39, 0.29) is 23.8 Å². The molecule has 0 aliphatic rings. The topological polar surface area (TPSA) is 43.4 Å². The second-order valence-corrected chi connectivity index (χ2v) is 5.50. The largest absolute Gasteiger partial charge is 0.462 e. The average molecular weight is 372 g/mol. The third kappa shape index (κ3) is 8.77. The Morgan fingerprint density at radius 3 is 2.24 bits per heavy atom. The molecule has 17 heavy (non-hydrogen) atoms. The van der Waals surface area contributed by atoms with Crippen LogP contribution in [-0.2, 0) is 14.3 Å². The SMILES string of the molecule is CC(=O)CCCCC(C)OC(=O)C(CBr)CBr. The molecule has 0 spiro atoms. The molecule has 1 unspecified atom stereocenters. The number of halogens is 2. The first kappa shape index (κ1) is 17.1. The number of carbonyl (C=O) groups excluding carboxylic acids is 2. The Labute approximate surface area is 120 Å². The van der Waals surface area contributed by atoms with E-state index in [4.69, 9.17) is 4.74 Å². The van der Waals surface area contributed by atoms with Crippen LogP contribution in [0.15, 0.2) is 0 Å². The minimum Gasteiger partial charge on any atom is -0.462 e. The van der Waals surface area contributed by atoms with E-state index in [0.29, 0.717) is 17.1 Å². The van der Waals surface area contributed by atoms with Crippen LogP contribution < -0.4 is 0 Å². The summed E-state index contributed by atoms with van der Waals surface area (Å²) < 4.78 is 5.32. The number of carbonyl (C=O) groups is 2. The van der Waals surface area contributed by atoms with Crippen molar-refractivity contribution < 1.29 is 14.3 Å². The lowest BCUT2D eigenvalue weighted by Crippen LogP contribution is -2.24. The summed E-state index contributed by atoms with van der Waals surface area (Å²) in [5.41, 5.74) is 0. The number of rotatable bonds is 9. The van der Waals surface area contributed by atoms with Crippen LogP contribution in [0, 0.1) is 5.92 Å². The summed E-state index contributed by atoms with van der Waals surface area (Å²) in [6.45, 7) is 3.49. The van der Waals surface area contributed by atoms with E-state index in [2.05, 4.69) is 31.9 Å². The van der Waals surface area contributed by atoms with Crippen LogP contribution in [0.5, 0.6) is 0 Å². The first-order chi connectivity index (χ1) is 8.01. The van der Waals surface area contributed by atoms with Crippen molar-refractivity contribution in [3.05, 3.63) is 0 Å². The van der Waals surface area contributed by atoms with Gasteiger partial charge < -0.3 is 9.53 Å². The average Bonchev–Trinajstić information content (AvgIpc) is 2.25. The monoisotopic (exact) mass is 370 g/mol. The number of ketones is 1. The molecule has 0 amide bonds. The van der Waals surface area contributed by atoms with Gasteiger partial charge in [-0.3, -0.25) is 4.79 Å². The molecule has 100 valence electrons. The Morgan fingerprint density at radius 2 is 1.76 bits per heavy atom. The molecule has 0 saturated heterocycles. The smallest absolute Gasteiger partial charge is 0.310 e. The highest BCUT2D eigenvalue weighted by Gasteiger charge is 2.19. The molecule has 0 aromatic heterocycles. The van der Waals surface area contributed by atoms with Crippen LogP contribution >= 0.6 is 31.9 Å². The fourth-order valence-electron chi connectivity index (χ4n) is 1.33. The van der Waals surface area contributed by atoms with Crippen molar-refractivity contribution in [3.8, 4) is 0 Å². The van der Waals surface area contributed by atoms with E-state index in [9.17, 15) is 9.59 Å². The van der Waals surface area contributed by atoms with Crippen LogP contribution in [0.4, 0.5) is 0 Å². The molecule has 0 aromatic rings. The molecule has 0 fully saturated rings. The first-order valence-electron chi connectivity index (χ1n) is 5.83. The third-order valence-corrected chi connectivity index (χ3v) is 3.98. The molecule has 0 radical (unpaired) electrons. The van der Waals surface area contributed by atoms with Gasteiger partial charge in [0, 0.05) is 17.1 Å². The van der Waals surface area contributed by atoms with Gasteiger partial charge in [0.15, 0.2) is 0 Å². The summed E-state index contributed by atoms with van der Waals surface area (Å²) in [5, 5.41) is 1.21. The molecule has 0 aromatic carbocycles. The highest BCUT2D eigenvalue weighted by Crippen LogP contribution is 2.12.